The number of fused-ring (bicyclic) bond motifs is 2. The fourth-order valence-corrected chi connectivity index (χ4v) is 2.92. The molecule has 1 amide bonds. The summed E-state index contributed by atoms with van der Waals surface area (Å²) in [6, 6.07) is 17.6. The molecule has 0 spiro atoms. The first kappa shape index (κ1) is 16.5. The lowest BCUT2D eigenvalue weighted by Crippen LogP contribution is -2.22. The average molecular weight is 358 g/mol. The summed E-state index contributed by atoms with van der Waals surface area (Å²) >= 11 is 0. The largest absolute Gasteiger partial charge is 0.507 e. The maximum Gasteiger partial charge on any atom is 0.292 e. The van der Waals surface area contributed by atoms with E-state index in [2.05, 4.69) is 20.7 Å². The Morgan fingerprint density at radius 1 is 1.00 bits per heavy atom. The van der Waals surface area contributed by atoms with Crippen LogP contribution >= 0.6 is 0 Å². The van der Waals surface area contributed by atoms with Gasteiger partial charge in [-0.25, -0.2) is 10.5 Å². The third-order valence-electron chi connectivity index (χ3n) is 4.22. The topological polar surface area (TPSA) is 107 Å². The number of phenolic OH excluding ortho intramolecular Hbond substituents is 1. The zero-order chi connectivity index (χ0) is 18.8. The van der Waals surface area contributed by atoms with Gasteiger partial charge in [0, 0.05) is 10.9 Å². The van der Waals surface area contributed by atoms with E-state index >= 15 is 0 Å². The van der Waals surface area contributed by atoms with Crippen LogP contribution in [0.3, 0.4) is 0 Å². The summed E-state index contributed by atoms with van der Waals surface area (Å²) in [5, 5.41) is 22.7. The SMILES string of the molecule is O=C(N/N=C/c1c(O)ccc2ccccc12)c1n[nH]c(=O)c2ccccc12. The van der Waals surface area contributed by atoms with E-state index in [1.165, 1.54) is 6.21 Å². The molecule has 3 aromatic carbocycles. The number of benzene rings is 3. The Hall–Kier alpha value is -4.00. The molecule has 1 heterocycles. The van der Waals surface area contributed by atoms with Crippen LogP contribution in [0, 0.1) is 0 Å². The molecule has 0 aliphatic carbocycles. The second-order valence-electron chi connectivity index (χ2n) is 5.87. The summed E-state index contributed by atoms with van der Waals surface area (Å²) in [6.07, 6.45) is 1.38. The summed E-state index contributed by atoms with van der Waals surface area (Å²) in [5.74, 6) is -0.516. The molecule has 0 atom stereocenters. The molecule has 0 unspecified atom stereocenters. The molecule has 0 saturated carbocycles. The number of carbonyl (C=O) groups is 1. The van der Waals surface area contributed by atoms with Crippen LogP contribution in [0.25, 0.3) is 21.5 Å². The van der Waals surface area contributed by atoms with E-state index in [4.69, 9.17) is 0 Å². The fraction of sp³-hybridized carbons (Fsp3) is 0. The molecule has 0 aliphatic heterocycles. The van der Waals surface area contributed by atoms with Crippen LogP contribution in [0.1, 0.15) is 16.1 Å². The number of nitrogens with zero attached hydrogens (tertiary/aromatic N) is 2. The zero-order valence-electron chi connectivity index (χ0n) is 14.0. The van der Waals surface area contributed by atoms with E-state index < -0.39 is 5.91 Å². The van der Waals surface area contributed by atoms with E-state index in [9.17, 15) is 14.7 Å². The van der Waals surface area contributed by atoms with Gasteiger partial charge < -0.3 is 5.11 Å². The van der Waals surface area contributed by atoms with E-state index in [0.717, 1.165) is 10.8 Å². The van der Waals surface area contributed by atoms with Crippen molar-refractivity contribution < 1.29 is 9.90 Å². The Balaban J connectivity index is 1.65. The summed E-state index contributed by atoms with van der Waals surface area (Å²) in [4.78, 5) is 24.2. The average Bonchev–Trinajstić information content (AvgIpc) is 2.70. The van der Waals surface area contributed by atoms with E-state index in [-0.39, 0.29) is 17.0 Å². The highest BCUT2D eigenvalue weighted by molar-refractivity contribution is 6.06. The molecule has 132 valence electrons. The van der Waals surface area contributed by atoms with E-state index in [1.54, 1.807) is 36.4 Å². The monoisotopic (exact) mass is 358 g/mol. The van der Waals surface area contributed by atoms with Crippen molar-refractivity contribution in [2.24, 2.45) is 5.10 Å². The van der Waals surface area contributed by atoms with Crippen molar-refractivity contribution in [3.05, 3.63) is 82.3 Å². The Kier molecular flexibility index (Phi) is 4.10. The molecular formula is C20H14N4O3. The van der Waals surface area contributed by atoms with Crippen LogP contribution in [-0.2, 0) is 0 Å². The molecular weight excluding hydrogens is 344 g/mol. The fourth-order valence-electron chi connectivity index (χ4n) is 2.92. The Morgan fingerprint density at radius 3 is 2.52 bits per heavy atom. The van der Waals surface area contributed by atoms with Crippen LogP contribution in [0.2, 0.25) is 0 Å². The van der Waals surface area contributed by atoms with Crippen LogP contribution in [0.15, 0.2) is 70.6 Å². The van der Waals surface area contributed by atoms with Gasteiger partial charge in [-0.3, -0.25) is 9.59 Å². The molecule has 7 heteroatoms. The van der Waals surface area contributed by atoms with Crippen LogP contribution in [-0.4, -0.2) is 27.4 Å². The number of nitrogens with one attached hydrogen (secondary N) is 2. The number of aromatic hydroxyl groups is 1. The van der Waals surface area contributed by atoms with Gasteiger partial charge in [0.05, 0.1) is 11.6 Å². The molecule has 3 N–H and O–H groups in total. The minimum Gasteiger partial charge on any atom is -0.507 e. The maximum atomic E-state index is 12.4. The van der Waals surface area contributed by atoms with Gasteiger partial charge in [0.25, 0.3) is 11.5 Å². The van der Waals surface area contributed by atoms with Gasteiger partial charge in [0.2, 0.25) is 0 Å². The third-order valence-corrected chi connectivity index (χ3v) is 4.22. The second-order valence-corrected chi connectivity index (χ2v) is 5.87. The van der Waals surface area contributed by atoms with Gasteiger partial charge >= 0.3 is 0 Å². The summed E-state index contributed by atoms with van der Waals surface area (Å²) in [7, 11) is 0. The van der Waals surface area contributed by atoms with Gasteiger partial charge in [-0.15, -0.1) is 0 Å². The lowest BCUT2D eigenvalue weighted by molar-refractivity contribution is 0.0951. The lowest BCUT2D eigenvalue weighted by atomic mass is 10.0. The minimum atomic E-state index is -0.571. The summed E-state index contributed by atoms with van der Waals surface area (Å²) in [6.45, 7) is 0. The molecule has 0 bridgehead atoms. The van der Waals surface area contributed by atoms with Crippen LogP contribution < -0.4 is 11.0 Å². The van der Waals surface area contributed by atoms with Crippen molar-refractivity contribution in [3.8, 4) is 5.75 Å². The standard InChI is InChI=1S/C20H14N4O3/c25-17-10-9-12-5-1-2-6-13(12)16(17)11-21-23-20(27)18-14-7-3-4-8-15(14)19(26)24-22-18/h1-11,25H,(H,23,27)(H,24,26)/b21-11+. The second kappa shape index (κ2) is 6.72. The molecule has 1 aromatic heterocycles. The predicted molar refractivity (Wildman–Crippen MR) is 103 cm³/mol. The highest BCUT2D eigenvalue weighted by Crippen LogP contribution is 2.25. The van der Waals surface area contributed by atoms with Gasteiger partial charge in [0.1, 0.15) is 5.75 Å². The van der Waals surface area contributed by atoms with Crippen molar-refractivity contribution in [1.29, 1.82) is 0 Å². The number of phenols is 1. The minimum absolute atomic E-state index is 0.0549. The first-order valence-electron chi connectivity index (χ1n) is 8.16. The van der Waals surface area contributed by atoms with Gasteiger partial charge in [-0.2, -0.15) is 10.2 Å². The molecule has 0 aliphatic rings. The molecule has 27 heavy (non-hydrogen) atoms. The first-order chi connectivity index (χ1) is 13.1. The van der Waals surface area contributed by atoms with Crippen molar-refractivity contribution in [1.82, 2.24) is 15.6 Å². The van der Waals surface area contributed by atoms with Gasteiger partial charge in [-0.05, 0) is 22.9 Å². The third kappa shape index (κ3) is 3.02. The normalized spacial score (nSPS) is 11.3. The maximum absolute atomic E-state index is 12.4. The zero-order valence-corrected chi connectivity index (χ0v) is 14.0. The number of rotatable bonds is 3. The number of aromatic nitrogens is 2. The number of carbonyl (C=O) groups excluding carboxylic acids is 1. The van der Waals surface area contributed by atoms with Gasteiger partial charge in [-0.1, -0.05) is 48.5 Å². The van der Waals surface area contributed by atoms with Crippen LogP contribution in [0.4, 0.5) is 0 Å². The first-order valence-corrected chi connectivity index (χ1v) is 8.16. The summed E-state index contributed by atoms with van der Waals surface area (Å²) < 4.78 is 0. The number of amides is 1. The Bertz CT molecular complexity index is 1260. The smallest absolute Gasteiger partial charge is 0.292 e. The number of aromatic amines is 1. The Labute approximate surface area is 153 Å². The predicted octanol–water partition coefficient (Wildman–Crippen LogP) is 2.55. The van der Waals surface area contributed by atoms with Crippen molar-refractivity contribution in [2.45, 2.75) is 0 Å². The molecule has 4 aromatic rings. The van der Waals surface area contributed by atoms with Crippen molar-refractivity contribution >= 4 is 33.7 Å². The number of hydrogen-bond donors (Lipinski definition) is 3. The van der Waals surface area contributed by atoms with E-state index in [1.807, 2.05) is 24.3 Å². The van der Waals surface area contributed by atoms with Crippen molar-refractivity contribution in [2.75, 3.05) is 0 Å². The number of H-pyrrole nitrogens is 1. The highest BCUT2D eigenvalue weighted by Gasteiger charge is 2.13. The molecule has 0 fully saturated rings. The molecule has 7 nitrogen and oxygen atoms in total. The lowest BCUT2D eigenvalue weighted by Gasteiger charge is -2.05. The highest BCUT2D eigenvalue weighted by atomic mass is 16.3. The molecule has 0 saturated heterocycles. The van der Waals surface area contributed by atoms with Gasteiger partial charge in [0.15, 0.2) is 5.69 Å². The Morgan fingerprint density at radius 2 is 1.70 bits per heavy atom. The van der Waals surface area contributed by atoms with Crippen molar-refractivity contribution in [3.63, 3.8) is 0 Å². The molecule has 4 rings (SSSR count). The quantitative estimate of drug-likeness (QED) is 0.386. The molecule has 0 radical (unpaired) electrons. The summed E-state index contributed by atoms with van der Waals surface area (Å²) in [5.41, 5.74) is 2.57. The number of hydrazone groups is 1. The van der Waals surface area contributed by atoms with Crippen LogP contribution in [0.5, 0.6) is 5.75 Å². The number of hydrogen-bond acceptors (Lipinski definition) is 5. The van der Waals surface area contributed by atoms with E-state index in [0.29, 0.717) is 16.3 Å².